The van der Waals surface area contributed by atoms with Crippen molar-refractivity contribution in [2.45, 2.75) is 6.92 Å². The summed E-state index contributed by atoms with van der Waals surface area (Å²) in [5, 5.41) is 0.508. The zero-order valence-electron chi connectivity index (χ0n) is 20.0. The Balaban J connectivity index is 2.11. The molecule has 0 fully saturated rings. The van der Waals surface area contributed by atoms with E-state index in [1.165, 1.54) is 20.1 Å². The Morgan fingerprint density at radius 3 is 1.91 bits per heavy atom. The number of carbonyl (C=O) groups is 2. The first kappa shape index (κ1) is 23.7. The molecule has 0 saturated heterocycles. The van der Waals surface area contributed by atoms with Crippen molar-refractivity contribution in [2.75, 3.05) is 28.4 Å². The number of fused-ring (bicyclic) bond motifs is 1. The summed E-state index contributed by atoms with van der Waals surface area (Å²) in [5.74, 6) is 1.33. The fraction of sp³-hybridized carbons (Fsp3) is 0.185. The van der Waals surface area contributed by atoms with Gasteiger partial charge in [0.15, 0.2) is 0 Å². The minimum absolute atomic E-state index is 0.163. The Morgan fingerprint density at radius 1 is 0.743 bits per heavy atom. The number of ether oxygens (including phenoxy) is 5. The number of benzene rings is 3. The molecule has 1 heterocycles. The quantitative estimate of drug-likeness (QED) is 0.255. The molecule has 0 spiro atoms. The molecule has 180 valence electrons. The van der Waals surface area contributed by atoms with Crippen LogP contribution in [-0.4, -0.2) is 40.4 Å². The fourth-order valence-corrected chi connectivity index (χ4v) is 3.84. The first-order chi connectivity index (χ1) is 16.9. The van der Waals surface area contributed by atoms with E-state index in [2.05, 4.69) is 0 Å². The van der Waals surface area contributed by atoms with Crippen LogP contribution in [0.1, 0.15) is 17.3 Å². The third-order valence-corrected chi connectivity index (χ3v) is 5.42. The number of esters is 2. The summed E-state index contributed by atoms with van der Waals surface area (Å²) in [7, 11) is 5.98. The average molecular weight is 476 g/mol. The molecule has 0 radical (unpaired) electrons. The van der Waals surface area contributed by atoms with Crippen molar-refractivity contribution in [3.63, 3.8) is 0 Å². The normalized spacial score (nSPS) is 10.7. The van der Waals surface area contributed by atoms with Crippen LogP contribution in [0.3, 0.4) is 0 Å². The maximum Gasteiger partial charge on any atom is 0.338 e. The summed E-state index contributed by atoms with van der Waals surface area (Å²) in [4.78, 5) is 24.3. The Kier molecular flexibility index (Phi) is 6.64. The molecule has 1 aromatic heterocycles. The van der Waals surface area contributed by atoms with Gasteiger partial charge in [-0.3, -0.25) is 4.79 Å². The van der Waals surface area contributed by atoms with Crippen LogP contribution in [0.25, 0.3) is 33.4 Å². The van der Waals surface area contributed by atoms with E-state index in [1.807, 2.05) is 36.4 Å². The molecule has 0 aliphatic rings. The van der Waals surface area contributed by atoms with Crippen molar-refractivity contribution < 1.29 is 37.7 Å². The zero-order valence-corrected chi connectivity index (χ0v) is 20.0. The van der Waals surface area contributed by atoms with Crippen LogP contribution in [0, 0.1) is 0 Å². The van der Waals surface area contributed by atoms with Gasteiger partial charge in [0.1, 0.15) is 34.3 Å². The van der Waals surface area contributed by atoms with Crippen LogP contribution in [0.4, 0.5) is 0 Å². The average Bonchev–Trinajstić information content (AvgIpc) is 3.27. The summed E-state index contributed by atoms with van der Waals surface area (Å²) < 4.78 is 32.9. The molecular weight excluding hydrogens is 452 g/mol. The van der Waals surface area contributed by atoms with Gasteiger partial charge in [0.25, 0.3) is 0 Å². The molecule has 0 aliphatic carbocycles. The van der Waals surface area contributed by atoms with Crippen molar-refractivity contribution in [1.29, 1.82) is 0 Å². The smallest absolute Gasteiger partial charge is 0.338 e. The molecule has 0 saturated carbocycles. The van der Waals surface area contributed by atoms with Crippen LogP contribution in [0.2, 0.25) is 0 Å². The second kappa shape index (κ2) is 9.80. The molecule has 3 aromatic carbocycles. The highest BCUT2D eigenvalue weighted by atomic mass is 16.5. The first-order valence-electron chi connectivity index (χ1n) is 10.6. The topological polar surface area (TPSA) is 93.4 Å². The molecular formula is C27H24O8. The SMILES string of the molecule is COC(=O)c1cc(OC(C)=O)c2c(-c3cc(OC)cc(OC)c3)c(-c3ccc(OC)cc3)oc2c1. The van der Waals surface area contributed by atoms with E-state index in [4.69, 9.17) is 28.1 Å². The molecule has 35 heavy (non-hydrogen) atoms. The molecule has 8 heteroatoms. The highest BCUT2D eigenvalue weighted by Crippen LogP contribution is 2.47. The van der Waals surface area contributed by atoms with Gasteiger partial charge in [-0.15, -0.1) is 0 Å². The van der Waals surface area contributed by atoms with Gasteiger partial charge in [0.05, 0.1) is 39.4 Å². The van der Waals surface area contributed by atoms with Gasteiger partial charge in [0.2, 0.25) is 0 Å². The Hall–Kier alpha value is -4.46. The standard InChI is InChI=1S/C27H24O8/c1-15(28)34-22-12-18(27(29)33-5)13-23-25(22)24(17-10-20(31-3)14-21(11-17)32-4)26(35-23)16-6-8-19(30-2)9-7-16/h6-14H,1-5H3. The van der Waals surface area contributed by atoms with Crippen molar-refractivity contribution in [3.05, 3.63) is 60.2 Å². The highest BCUT2D eigenvalue weighted by Gasteiger charge is 2.25. The second-order valence-corrected chi connectivity index (χ2v) is 7.57. The van der Waals surface area contributed by atoms with Gasteiger partial charge < -0.3 is 28.1 Å². The van der Waals surface area contributed by atoms with Crippen molar-refractivity contribution in [1.82, 2.24) is 0 Å². The molecule has 0 unspecified atom stereocenters. The molecule has 8 nitrogen and oxygen atoms in total. The summed E-state index contributed by atoms with van der Waals surface area (Å²) in [6.45, 7) is 1.29. The molecule has 4 rings (SSSR count). The Morgan fingerprint density at radius 2 is 1.37 bits per heavy atom. The van der Waals surface area contributed by atoms with Crippen molar-refractivity contribution >= 4 is 22.9 Å². The van der Waals surface area contributed by atoms with Crippen LogP contribution in [-0.2, 0) is 9.53 Å². The number of rotatable bonds is 7. The van der Waals surface area contributed by atoms with Crippen LogP contribution in [0.15, 0.2) is 59.0 Å². The molecule has 0 atom stereocenters. The largest absolute Gasteiger partial charge is 0.497 e. The van der Waals surface area contributed by atoms with E-state index in [-0.39, 0.29) is 11.3 Å². The first-order valence-corrected chi connectivity index (χ1v) is 10.6. The van der Waals surface area contributed by atoms with Crippen molar-refractivity contribution in [2.24, 2.45) is 0 Å². The third kappa shape index (κ3) is 4.63. The van der Waals surface area contributed by atoms with Gasteiger partial charge in [0, 0.05) is 24.1 Å². The van der Waals surface area contributed by atoms with Crippen LogP contribution < -0.4 is 18.9 Å². The van der Waals surface area contributed by atoms with Gasteiger partial charge in [-0.1, -0.05) is 0 Å². The zero-order chi connectivity index (χ0) is 25.1. The third-order valence-electron chi connectivity index (χ3n) is 5.42. The molecule has 0 amide bonds. The van der Waals surface area contributed by atoms with E-state index in [1.54, 1.807) is 33.5 Å². The van der Waals surface area contributed by atoms with Gasteiger partial charge in [-0.05, 0) is 54.1 Å². The fourth-order valence-electron chi connectivity index (χ4n) is 3.84. The number of hydrogen-bond donors (Lipinski definition) is 0. The summed E-state index contributed by atoms with van der Waals surface area (Å²) in [6, 6.07) is 15.7. The lowest BCUT2D eigenvalue weighted by Crippen LogP contribution is -2.05. The van der Waals surface area contributed by atoms with E-state index in [0.29, 0.717) is 45.1 Å². The number of methoxy groups -OCH3 is 4. The van der Waals surface area contributed by atoms with E-state index in [0.717, 1.165) is 5.56 Å². The summed E-state index contributed by atoms with van der Waals surface area (Å²) in [5.41, 5.74) is 2.60. The van der Waals surface area contributed by atoms with Crippen LogP contribution in [0.5, 0.6) is 23.0 Å². The molecule has 0 N–H and O–H groups in total. The lowest BCUT2D eigenvalue weighted by Gasteiger charge is -2.11. The Bertz CT molecular complexity index is 1380. The molecule has 0 aliphatic heterocycles. The summed E-state index contributed by atoms with van der Waals surface area (Å²) in [6.07, 6.45) is 0. The minimum Gasteiger partial charge on any atom is -0.497 e. The Labute approximate surface area is 201 Å². The minimum atomic E-state index is -0.590. The molecule has 0 bridgehead atoms. The second-order valence-electron chi connectivity index (χ2n) is 7.57. The predicted molar refractivity (Wildman–Crippen MR) is 129 cm³/mol. The summed E-state index contributed by atoms with van der Waals surface area (Å²) >= 11 is 0. The van der Waals surface area contributed by atoms with E-state index >= 15 is 0 Å². The number of hydrogen-bond acceptors (Lipinski definition) is 8. The lowest BCUT2D eigenvalue weighted by atomic mass is 9.97. The monoisotopic (exact) mass is 476 g/mol. The van der Waals surface area contributed by atoms with Gasteiger partial charge >= 0.3 is 11.9 Å². The van der Waals surface area contributed by atoms with E-state index in [9.17, 15) is 9.59 Å². The van der Waals surface area contributed by atoms with Crippen LogP contribution >= 0.6 is 0 Å². The number of furan rings is 1. The van der Waals surface area contributed by atoms with Gasteiger partial charge in [-0.2, -0.15) is 0 Å². The molecule has 4 aromatic rings. The maximum absolute atomic E-state index is 12.3. The van der Waals surface area contributed by atoms with Gasteiger partial charge in [-0.25, -0.2) is 4.79 Å². The van der Waals surface area contributed by atoms with Crippen molar-refractivity contribution in [3.8, 4) is 45.4 Å². The lowest BCUT2D eigenvalue weighted by molar-refractivity contribution is -0.131. The predicted octanol–water partition coefficient (Wildman–Crippen LogP) is 5.50. The van der Waals surface area contributed by atoms with E-state index < -0.39 is 11.9 Å². The number of carbonyl (C=O) groups excluding carboxylic acids is 2. The maximum atomic E-state index is 12.3. The highest BCUT2D eigenvalue weighted by molar-refractivity contribution is 6.08.